The molecule has 1 aliphatic rings. The van der Waals surface area contributed by atoms with Gasteiger partial charge in [0.05, 0.1) is 0 Å². The van der Waals surface area contributed by atoms with Crippen LogP contribution in [0.2, 0.25) is 0 Å². The average molecular weight is 317 g/mol. The third kappa shape index (κ3) is 5.63. The summed E-state index contributed by atoms with van der Waals surface area (Å²) in [6.45, 7) is 4.41. The third-order valence-corrected chi connectivity index (χ3v) is 3.73. The summed E-state index contributed by atoms with van der Waals surface area (Å²) in [6, 6.07) is 0. The van der Waals surface area contributed by atoms with Gasteiger partial charge in [-0.15, -0.1) is 12.4 Å². The molecule has 1 aliphatic heterocycles. The first-order valence-corrected chi connectivity index (χ1v) is 7.40. The topological polar surface area (TPSA) is 71.3 Å². The number of nitrogens with zero attached hydrogens (tertiary/aromatic N) is 3. The molecule has 0 bridgehead atoms. The average Bonchev–Trinajstić information content (AvgIpc) is 2.84. The third-order valence-electron chi connectivity index (χ3n) is 3.73. The summed E-state index contributed by atoms with van der Waals surface area (Å²) in [5, 5.41) is 7.01. The van der Waals surface area contributed by atoms with Gasteiger partial charge in [0.15, 0.2) is 5.82 Å². The van der Waals surface area contributed by atoms with Crippen molar-refractivity contribution in [2.24, 2.45) is 5.92 Å². The van der Waals surface area contributed by atoms with Crippen molar-refractivity contribution in [3.63, 3.8) is 0 Å². The van der Waals surface area contributed by atoms with E-state index in [0.717, 1.165) is 51.1 Å². The number of rotatable bonds is 6. The van der Waals surface area contributed by atoms with Crippen LogP contribution in [0.1, 0.15) is 37.4 Å². The standard InChI is InChI=1S/C14H24N4O2.ClH/c1-11-16-13(17-20-11)9-12-5-4-8-18(10-12)14(19)6-3-7-15-2;/h12,15H,3-10H2,1-2H3;1H. The lowest BCUT2D eigenvalue weighted by atomic mass is 9.94. The highest BCUT2D eigenvalue weighted by Crippen LogP contribution is 2.20. The molecule has 120 valence electrons. The Hall–Kier alpha value is -1.14. The maximum absolute atomic E-state index is 12.1. The molecule has 6 nitrogen and oxygen atoms in total. The van der Waals surface area contributed by atoms with Crippen LogP contribution in [0.3, 0.4) is 0 Å². The van der Waals surface area contributed by atoms with Crippen LogP contribution in [0, 0.1) is 12.8 Å². The number of carbonyl (C=O) groups excluding carboxylic acids is 1. The van der Waals surface area contributed by atoms with Gasteiger partial charge in [0.2, 0.25) is 11.8 Å². The molecule has 1 atom stereocenters. The second-order valence-electron chi connectivity index (χ2n) is 5.49. The summed E-state index contributed by atoms with van der Waals surface area (Å²) in [4.78, 5) is 18.4. The van der Waals surface area contributed by atoms with E-state index in [1.54, 1.807) is 6.92 Å². The van der Waals surface area contributed by atoms with Gasteiger partial charge >= 0.3 is 0 Å². The van der Waals surface area contributed by atoms with Crippen molar-refractivity contribution in [2.75, 3.05) is 26.7 Å². The van der Waals surface area contributed by atoms with Crippen LogP contribution in [0.15, 0.2) is 4.52 Å². The van der Waals surface area contributed by atoms with Crippen LogP contribution in [0.4, 0.5) is 0 Å². The number of likely N-dealkylation sites (tertiary alicyclic amines) is 1. The van der Waals surface area contributed by atoms with Crippen molar-refractivity contribution in [3.8, 4) is 0 Å². The van der Waals surface area contributed by atoms with Crippen molar-refractivity contribution in [3.05, 3.63) is 11.7 Å². The summed E-state index contributed by atoms with van der Waals surface area (Å²) in [6.07, 6.45) is 4.54. The SMILES string of the molecule is CNCCCC(=O)N1CCCC(Cc2noc(C)n2)C1.Cl. The molecule has 1 fully saturated rings. The molecular formula is C14H25ClN4O2. The summed E-state index contributed by atoms with van der Waals surface area (Å²) in [5.74, 6) is 2.09. The molecule has 7 heteroatoms. The molecule has 1 unspecified atom stereocenters. The number of carbonyl (C=O) groups is 1. The van der Waals surface area contributed by atoms with Gasteiger partial charge in [-0.25, -0.2) is 0 Å². The number of aryl methyl sites for hydroxylation is 1. The quantitative estimate of drug-likeness (QED) is 0.807. The van der Waals surface area contributed by atoms with Gasteiger partial charge in [0.1, 0.15) is 0 Å². The highest BCUT2D eigenvalue weighted by Gasteiger charge is 2.24. The molecule has 0 saturated carbocycles. The largest absolute Gasteiger partial charge is 0.342 e. The number of amides is 1. The Balaban J connectivity index is 0.00000220. The lowest BCUT2D eigenvalue weighted by Gasteiger charge is -2.32. The first-order valence-electron chi connectivity index (χ1n) is 7.40. The number of halogens is 1. The smallest absolute Gasteiger partial charge is 0.223 e. The van der Waals surface area contributed by atoms with Crippen molar-refractivity contribution < 1.29 is 9.32 Å². The van der Waals surface area contributed by atoms with Crippen molar-refractivity contribution in [1.82, 2.24) is 20.4 Å². The first kappa shape index (κ1) is 17.9. The predicted molar refractivity (Wildman–Crippen MR) is 82.5 cm³/mol. The van der Waals surface area contributed by atoms with Crippen LogP contribution in [-0.4, -0.2) is 47.6 Å². The Kier molecular flexibility index (Phi) is 7.67. The monoisotopic (exact) mass is 316 g/mol. The molecular weight excluding hydrogens is 292 g/mol. The number of hydrogen-bond donors (Lipinski definition) is 1. The van der Waals surface area contributed by atoms with Crippen LogP contribution in [0.5, 0.6) is 0 Å². The lowest BCUT2D eigenvalue weighted by molar-refractivity contribution is -0.133. The second kappa shape index (κ2) is 9.00. The van der Waals surface area contributed by atoms with Crippen molar-refractivity contribution in [2.45, 2.75) is 39.0 Å². The summed E-state index contributed by atoms with van der Waals surface area (Å²) in [7, 11) is 1.91. The van der Waals surface area contributed by atoms with Crippen LogP contribution >= 0.6 is 12.4 Å². The molecule has 1 saturated heterocycles. The van der Waals surface area contributed by atoms with Crippen LogP contribution in [-0.2, 0) is 11.2 Å². The molecule has 0 aromatic carbocycles. The minimum Gasteiger partial charge on any atom is -0.342 e. The molecule has 1 aromatic rings. The normalized spacial score (nSPS) is 18.4. The molecule has 2 heterocycles. The summed E-state index contributed by atoms with van der Waals surface area (Å²) < 4.78 is 5.00. The van der Waals surface area contributed by atoms with Gasteiger partial charge in [-0.05, 0) is 38.8 Å². The van der Waals surface area contributed by atoms with Gasteiger partial charge in [0, 0.05) is 32.9 Å². The molecule has 0 radical (unpaired) electrons. The van der Waals surface area contributed by atoms with E-state index in [1.807, 2.05) is 11.9 Å². The van der Waals surface area contributed by atoms with Gasteiger partial charge in [-0.3, -0.25) is 4.79 Å². The fourth-order valence-electron chi connectivity index (χ4n) is 2.72. The van der Waals surface area contributed by atoms with E-state index < -0.39 is 0 Å². The predicted octanol–water partition coefficient (Wildman–Crippen LogP) is 1.58. The Morgan fingerprint density at radius 2 is 2.33 bits per heavy atom. The van der Waals surface area contributed by atoms with Crippen LogP contribution in [0.25, 0.3) is 0 Å². The number of piperidine rings is 1. The minimum absolute atomic E-state index is 0. The summed E-state index contributed by atoms with van der Waals surface area (Å²) in [5.41, 5.74) is 0. The Morgan fingerprint density at radius 1 is 1.52 bits per heavy atom. The minimum atomic E-state index is 0. The molecule has 2 rings (SSSR count). The van der Waals surface area contributed by atoms with E-state index in [-0.39, 0.29) is 18.3 Å². The molecule has 21 heavy (non-hydrogen) atoms. The fourth-order valence-corrected chi connectivity index (χ4v) is 2.72. The lowest BCUT2D eigenvalue weighted by Crippen LogP contribution is -2.40. The molecule has 1 N–H and O–H groups in total. The van der Waals surface area contributed by atoms with Gasteiger partial charge in [-0.1, -0.05) is 5.16 Å². The van der Waals surface area contributed by atoms with E-state index in [2.05, 4.69) is 15.5 Å². The zero-order valence-corrected chi connectivity index (χ0v) is 13.6. The number of hydrogen-bond acceptors (Lipinski definition) is 5. The maximum Gasteiger partial charge on any atom is 0.223 e. The second-order valence-corrected chi connectivity index (χ2v) is 5.49. The number of nitrogens with one attached hydrogen (secondary N) is 1. The number of aromatic nitrogens is 2. The first-order chi connectivity index (χ1) is 9.69. The van der Waals surface area contributed by atoms with E-state index >= 15 is 0 Å². The maximum atomic E-state index is 12.1. The molecule has 0 spiro atoms. The van der Waals surface area contributed by atoms with E-state index in [4.69, 9.17) is 4.52 Å². The van der Waals surface area contributed by atoms with Crippen molar-refractivity contribution >= 4 is 18.3 Å². The summed E-state index contributed by atoms with van der Waals surface area (Å²) >= 11 is 0. The molecule has 0 aliphatic carbocycles. The van der Waals surface area contributed by atoms with E-state index in [9.17, 15) is 4.79 Å². The van der Waals surface area contributed by atoms with Gasteiger partial charge in [-0.2, -0.15) is 4.98 Å². The van der Waals surface area contributed by atoms with E-state index in [1.165, 1.54) is 0 Å². The van der Waals surface area contributed by atoms with Crippen molar-refractivity contribution in [1.29, 1.82) is 0 Å². The zero-order valence-electron chi connectivity index (χ0n) is 12.8. The van der Waals surface area contributed by atoms with E-state index in [0.29, 0.717) is 18.2 Å². The molecule has 1 aromatic heterocycles. The highest BCUT2D eigenvalue weighted by molar-refractivity contribution is 5.85. The fraction of sp³-hybridized carbons (Fsp3) is 0.786. The van der Waals surface area contributed by atoms with Gasteiger partial charge in [0.25, 0.3) is 0 Å². The van der Waals surface area contributed by atoms with Gasteiger partial charge < -0.3 is 14.7 Å². The zero-order chi connectivity index (χ0) is 14.4. The Morgan fingerprint density at radius 3 is 3.00 bits per heavy atom. The molecule has 1 amide bonds. The Bertz CT molecular complexity index is 438. The van der Waals surface area contributed by atoms with Crippen LogP contribution < -0.4 is 5.32 Å². The highest BCUT2D eigenvalue weighted by atomic mass is 35.5. The Labute approximate surface area is 132 Å².